The van der Waals surface area contributed by atoms with Crippen LogP contribution in [0.4, 0.5) is 0 Å². The van der Waals surface area contributed by atoms with E-state index in [1.54, 1.807) is 19.1 Å². The topological polar surface area (TPSA) is 101 Å². The van der Waals surface area contributed by atoms with Crippen LogP contribution in [0, 0.1) is 6.92 Å². The van der Waals surface area contributed by atoms with Crippen LogP contribution in [0.2, 0.25) is 0 Å². The quantitative estimate of drug-likeness (QED) is 0.791. The van der Waals surface area contributed by atoms with E-state index in [-0.39, 0.29) is 18.0 Å². The molecule has 0 radical (unpaired) electrons. The second-order valence-electron chi connectivity index (χ2n) is 5.72. The van der Waals surface area contributed by atoms with Crippen LogP contribution < -0.4 is 4.72 Å². The molecule has 1 N–H and O–H groups in total. The largest absolute Gasteiger partial charge is 0.340 e. The molecule has 1 aromatic rings. The van der Waals surface area contributed by atoms with Crippen molar-refractivity contribution in [1.29, 1.82) is 0 Å². The molecule has 1 aliphatic heterocycles. The molecule has 1 unspecified atom stereocenters. The standard InChI is InChI=1S/C14H20N2O5S2/c1-11-4-3-5-12(8-11)23(20,21)15-9-14(17)16-7-6-13(10-16)22(2,18)19/h3-5,8,13,15H,6-7,9-10H2,1-2H3. The van der Waals surface area contributed by atoms with Crippen LogP contribution in [0.25, 0.3) is 0 Å². The molecule has 0 aliphatic carbocycles. The summed E-state index contributed by atoms with van der Waals surface area (Å²) in [4.78, 5) is 13.5. The minimum absolute atomic E-state index is 0.0979. The van der Waals surface area contributed by atoms with Crippen molar-refractivity contribution in [2.75, 3.05) is 25.9 Å². The summed E-state index contributed by atoms with van der Waals surface area (Å²) in [5, 5.41) is -0.570. The number of hydrogen-bond donors (Lipinski definition) is 1. The van der Waals surface area contributed by atoms with Gasteiger partial charge in [-0.1, -0.05) is 12.1 Å². The summed E-state index contributed by atoms with van der Waals surface area (Å²) in [6.07, 6.45) is 1.53. The molecule has 128 valence electrons. The molecule has 23 heavy (non-hydrogen) atoms. The highest BCUT2D eigenvalue weighted by Gasteiger charge is 2.32. The van der Waals surface area contributed by atoms with Gasteiger partial charge in [0.25, 0.3) is 0 Å². The molecule has 2 rings (SSSR count). The van der Waals surface area contributed by atoms with E-state index in [9.17, 15) is 21.6 Å². The summed E-state index contributed by atoms with van der Waals surface area (Å²) in [5.41, 5.74) is 0.801. The predicted molar refractivity (Wildman–Crippen MR) is 86.2 cm³/mol. The van der Waals surface area contributed by atoms with Crippen molar-refractivity contribution in [3.63, 3.8) is 0 Å². The average Bonchev–Trinajstić information content (AvgIpc) is 2.95. The Labute approximate surface area is 136 Å². The molecule has 0 aromatic heterocycles. The first-order valence-corrected chi connectivity index (χ1v) is 10.6. The van der Waals surface area contributed by atoms with Gasteiger partial charge in [-0.05, 0) is 31.0 Å². The van der Waals surface area contributed by atoms with Gasteiger partial charge in [0, 0.05) is 19.3 Å². The second-order valence-corrected chi connectivity index (χ2v) is 9.81. The van der Waals surface area contributed by atoms with Crippen molar-refractivity contribution in [3.05, 3.63) is 29.8 Å². The van der Waals surface area contributed by atoms with Gasteiger partial charge >= 0.3 is 0 Å². The number of carbonyl (C=O) groups is 1. The van der Waals surface area contributed by atoms with Gasteiger partial charge in [-0.3, -0.25) is 4.79 Å². The van der Waals surface area contributed by atoms with E-state index in [4.69, 9.17) is 0 Å². The summed E-state index contributed by atoms with van der Waals surface area (Å²) in [7, 11) is -6.96. The maximum absolute atomic E-state index is 12.1. The Morgan fingerprint density at radius 3 is 2.57 bits per heavy atom. The van der Waals surface area contributed by atoms with Gasteiger partial charge < -0.3 is 4.90 Å². The molecule has 1 fully saturated rings. The maximum atomic E-state index is 12.1. The number of sulfonamides is 1. The maximum Gasteiger partial charge on any atom is 0.241 e. The first kappa shape index (κ1) is 17.9. The fourth-order valence-corrected chi connectivity index (χ4v) is 4.50. The van der Waals surface area contributed by atoms with Crippen molar-refractivity contribution in [2.24, 2.45) is 0 Å². The van der Waals surface area contributed by atoms with E-state index >= 15 is 0 Å². The third-order valence-corrected chi connectivity index (χ3v) is 6.81. The van der Waals surface area contributed by atoms with Gasteiger partial charge in [-0.2, -0.15) is 0 Å². The Morgan fingerprint density at radius 2 is 2.00 bits per heavy atom. The van der Waals surface area contributed by atoms with Gasteiger partial charge in [0.15, 0.2) is 9.84 Å². The van der Waals surface area contributed by atoms with Crippen molar-refractivity contribution in [3.8, 4) is 0 Å². The third kappa shape index (κ3) is 4.52. The van der Waals surface area contributed by atoms with Gasteiger partial charge in [0.1, 0.15) is 0 Å². The summed E-state index contributed by atoms with van der Waals surface area (Å²) >= 11 is 0. The number of nitrogens with one attached hydrogen (secondary N) is 1. The minimum atomic E-state index is -3.77. The van der Waals surface area contributed by atoms with Gasteiger partial charge in [0.05, 0.1) is 16.7 Å². The molecule has 1 aromatic carbocycles. The van der Waals surface area contributed by atoms with E-state index in [1.807, 2.05) is 0 Å². The fourth-order valence-electron chi connectivity index (χ4n) is 2.44. The number of aryl methyl sites for hydroxylation is 1. The normalized spacial score (nSPS) is 19.0. The van der Waals surface area contributed by atoms with Crippen LogP contribution in [0.15, 0.2) is 29.2 Å². The summed E-state index contributed by atoms with van der Waals surface area (Å²) in [6, 6.07) is 6.38. The fraction of sp³-hybridized carbons (Fsp3) is 0.500. The average molecular weight is 360 g/mol. The molecule has 1 aliphatic rings. The van der Waals surface area contributed by atoms with E-state index < -0.39 is 31.0 Å². The van der Waals surface area contributed by atoms with E-state index in [0.29, 0.717) is 13.0 Å². The van der Waals surface area contributed by atoms with Crippen molar-refractivity contribution in [2.45, 2.75) is 23.5 Å². The first-order chi connectivity index (χ1) is 10.6. The lowest BCUT2D eigenvalue weighted by Gasteiger charge is -2.16. The number of carbonyl (C=O) groups excluding carboxylic acids is 1. The summed E-state index contributed by atoms with van der Waals surface area (Å²) in [6.45, 7) is 1.83. The van der Waals surface area contributed by atoms with Gasteiger partial charge in [0.2, 0.25) is 15.9 Å². The van der Waals surface area contributed by atoms with Gasteiger partial charge in [-0.25, -0.2) is 21.6 Å². The second kappa shape index (κ2) is 6.58. The van der Waals surface area contributed by atoms with Crippen LogP contribution in [-0.4, -0.2) is 58.8 Å². The summed E-state index contributed by atoms with van der Waals surface area (Å²) < 4.78 is 49.5. The molecule has 1 saturated heterocycles. The smallest absolute Gasteiger partial charge is 0.241 e. The molecule has 7 nitrogen and oxygen atoms in total. The Bertz CT molecular complexity index is 802. The van der Waals surface area contributed by atoms with Crippen LogP contribution >= 0.6 is 0 Å². The third-order valence-electron chi connectivity index (χ3n) is 3.82. The number of hydrogen-bond acceptors (Lipinski definition) is 5. The molecule has 0 saturated carbocycles. The van der Waals surface area contributed by atoms with Crippen molar-refractivity contribution in [1.82, 2.24) is 9.62 Å². The van der Waals surface area contributed by atoms with Crippen LogP contribution in [0.1, 0.15) is 12.0 Å². The van der Waals surface area contributed by atoms with Crippen molar-refractivity contribution >= 4 is 25.8 Å². The summed E-state index contributed by atoms with van der Waals surface area (Å²) in [5.74, 6) is -0.424. The Kier molecular flexibility index (Phi) is 5.12. The minimum Gasteiger partial charge on any atom is -0.340 e. The molecule has 0 bridgehead atoms. The number of amides is 1. The van der Waals surface area contributed by atoms with Crippen LogP contribution in [0.3, 0.4) is 0 Å². The van der Waals surface area contributed by atoms with E-state index in [2.05, 4.69) is 4.72 Å². The zero-order valence-electron chi connectivity index (χ0n) is 13.0. The lowest BCUT2D eigenvalue weighted by molar-refractivity contribution is -0.128. The van der Waals surface area contributed by atoms with E-state index in [1.165, 1.54) is 17.0 Å². The van der Waals surface area contributed by atoms with Gasteiger partial charge in [-0.15, -0.1) is 0 Å². The number of nitrogens with zero attached hydrogens (tertiary/aromatic N) is 1. The molecular formula is C14H20N2O5S2. The predicted octanol–water partition coefficient (Wildman–Crippen LogP) is -0.0812. The van der Waals surface area contributed by atoms with Crippen molar-refractivity contribution < 1.29 is 21.6 Å². The first-order valence-electron chi connectivity index (χ1n) is 7.12. The Balaban J connectivity index is 1.97. The SMILES string of the molecule is Cc1cccc(S(=O)(=O)NCC(=O)N2CCC(S(C)(=O)=O)C2)c1. The highest BCUT2D eigenvalue weighted by Crippen LogP contribution is 2.16. The Morgan fingerprint density at radius 1 is 1.30 bits per heavy atom. The van der Waals surface area contributed by atoms with E-state index in [0.717, 1.165) is 11.8 Å². The molecule has 9 heteroatoms. The van der Waals surface area contributed by atoms with Crippen LogP contribution in [-0.2, 0) is 24.7 Å². The Hall–Kier alpha value is -1.45. The zero-order valence-corrected chi connectivity index (χ0v) is 14.7. The van der Waals surface area contributed by atoms with Crippen LogP contribution in [0.5, 0.6) is 0 Å². The number of likely N-dealkylation sites (tertiary alicyclic amines) is 1. The lowest BCUT2D eigenvalue weighted by atomic mass is 10.2. The molecular weight excluding hydrogens is 340 g/mol. The monoisotopic (exact) mass is 360 g/mol. The number of sulfone groups is 1. The number of benzene rings is 1. The molecule has 0 spiro atoms. The molecule has 1 heterocycles. The highest BCUT2D eigenvalue weighted by molar-refractivity contribution is 7.91. The highest BCUT2D eigenvalue weighted by atomic mass is 32.2. The number of rotatable bonds is 5. The zero-order chi connectivity index (χ0) is 17.3. The molecule has 1 amide bonds. The lowest BCUT2D eigenvalue weighted by Crippen LogP contribution is -2.39. The molecule has 1 atom stereocenters.